The Bertz CT molecular complexity index is 710. The fourth-order valence-electron chi connectivity index (χ4n) is 2.66. The topological polar surface area (TPSA) is 40.6 Å². The number of para-hydroxylation sites is 1. The molecule has 1 aliphatic rings. The minimum absolute atomic E-state index is 0.429. The van der Waals surface area contributed by atoms with E-state index >= 15 is 0 Å². The lowest BCUT2D eigenvalue weighted by molar-refractivity contribution is -0.114. The van der Waals surface area contributed by atoms with Gasteiger partial charge in [-0.2, -0.15) is 0 Å². The molecular formula is C17H16N2O2. The molecule has 21 heavy (non-hydrogen) atoms. The molecule has 0 aliphatic carbocycles. The Balaban J connectivity index is 2.05. The average Bonchev–Trinajstić information content (AvgIpc) is 2.74. The summed E-state index contributed by atoms with van der Waals surface area (Å²) >= 11 is 0. The Hall–Kier alpha value is -2.62. The van der Waals surface area contributed by atoms with Crippen LogP contribution in [0.1, 0.15) is 17.3 Å². The van der Waals surface area contributed by atoms with Crippen molar-refractivity contribution in [3.05, 3.63) is 54.1 Å². The Morgan fingerprint density at radius 1 is 1.00 bits per heavy atom. The zero-order chi connectivity index (χ0) is 15.0. The van der Waals surface area contributed by atoms with Crippen molar-refractivity contribution in [3.63, 3.8) is 0 Å². The molecule has 4 heteroatoms. The maximum atomic E-state index is 11.8. The van der Waals surface area contributed by atoms with Crippen molar-refractivity contribution in [3.8, 4) is 0 Å². The Kier molecular flexibility index (Phi) is 3.22. The van der Waals surface area contributed by atoms with Gasteiger partial charge in [-0.15, -0.1) is 0 Å². The number of likely N-dealkylation sites (N-methyl/N-ethyl adjacent to an activating group) is 1. The van der Waals surface area contributed by atoms with Crippen LogP contribution >= 0.6 is 0 Å². The summed E-state index contributed by atoms with van der Waals surface area (Å²) in [4.78, 5) is 27.1. The SMILES string of the molecule is CCN(c1ccccc1)c1ccc2c(c1)N(C)C(=O)C2=O. The number of benzene rings is 2. The summed E-state index contributed by atoms with van der Waals surface area (Å²) in [5.74, 6) is -0.897. The van der Waals surface area contributed by atoms with Gasteiger partial charge in [0.2, 0.25) is 0 Å². The van der Waals surface area contributed by atoms with E-state index in [0.29, 0.717) is 11.3 Å². The van der Waals surface area contributed by atoms with Crippen molar-refractivity contribution in [2.24, 2.45) is 0 Å². The summed E-state index contributed by atoms with van der Waals surface area (Å²) in [6, 6.07) is 15.6. The number of nitrogens with zero attached hydrogens (tertiary/aromatic N) is 2. The first kappa shape index (κ1) is 13.4. The van der Waals surface area contributed by atoms with Gasteiger partial charge in [-0.1, -0.05) is 18.2 Å². The molecule has 0 unspecified atom stereocenters. The van der Waals surface area contributed by atoms with Crippen LogP contribution in [0, 0.1) is 0 Å². The predicted octanol–water partition coefficient (Wildman–Crippen LogP) is 3.00. The number of rotatable bonds is 3. The summed E-state index contributed by atoms with van der Waals surface area (Å²) in [6.07, 6.45) is 0. The second-order valence-corrected chi connectivity index (χ2v) is 4.97. The number of hydrogen-bond donors (Lipinski definition) is 0. The Labute approximate surface area is 123 Å². The van der Waals surface area contributed by atoms with Crippen molar-refractivity contribution in [2.45, 2.75) is 6.92 Å². The van der Waals surface area contributed by atoms with E-state index in [1.54, 1.807) is 13.1 Å². The smallest absolute Gasteiger partial charge is 0.299 e. The molecule has 1 aliphatic heterocycles. The number of Topliss-reactive ketones (excluding diaryl/α,β-unsaturated/α-hetero) is 1. The van der Waals surface area contributed by atoms with Gasteiger partial charge in [0.15, 0.2) is 0 Å². The molecule has 0 N–H and O–H groups in total. The van der Waals surface area contributed by atoms with E-state index in [-0.39, 0.29) is 0 Å². The third-order valence-electron chi connectivity index (χ3n) is 3.78. The van der Waals surface area contributed by atoms with Crippen LogP contribution in [0.15, 0.2) is 48.5 Å². The summed E-state index contributed by atoms with van der Waals surface area (Å²) in [6.45, 7) is 2.87. The Morgan fingerprint density at radius 2 is 1.71 bits per heavy atom. The molecule has 2 aromatic carbocycles. The molecule has 0 spiro atoms. The minimum atomic E-state index is -0.468. The van der Waals surface area contributed by atoms with Crippen LogP contribution in [0.4, 0.5) is 17.1 Å². The van der Waals surface area contributed by atoms with Crippen molar-refractivity contribution in [1.82, 2.24) is 0 Å². The maximum absolute atomic E-state index is 11.8. The lowest BCUT2D eigenvalue weighted by atomic mass is 10.1. The number of carbonyl (C=O) groups excluding carboxylic acids is 2. The van der Waals surface area contributed by atoms with Gasteiger partial charge in [0, 0.05) is 25.0 Å². The fourth-order valence-corrected chi connectivity index (χ4v) is 2.66. The van der Waals surface area contributed by atoms with E-state index in [1.807, 2.05) is 42.5 Å². The number of anilines is 3. The van der Waals surface area contributed by atoms with Gasteiger partial charge in [0.25, 0.3) is 11.7 Å². The molecule has 0 aromatic heterocycles. The molecule has 1 amide bonds. The van der Waals surface area contributed by atoms with Crippen LogP contribution in [0.5, 0.6) is 0 Å². The summed E-state index contributed by atoms with van der Waals surface area (Å²) in [5, 5.41) is 0. The van der Waals surface area contributed by atoms with Crippen molar-refractivity contribution in [1.29, 1.82) is 0 Å². The average molecular weight is 280 g/mol. The highest BCUT2D eigenvalue weighted by Gasteiger charge is 2.33. The van der Waals surface area contributed by atoms with Crippen LogP contribution in [-0.2, 0) is 4.79 Å². The quantitative estimate of drug-likeness (QED) is 0.811. The molecule has 4 nitrogen and oxygen atoms in total. The normalized spacial score (nSPS) is 13.5. The second-order valence-electron chi connectivity index (χ2n) is 4.97. The fraction of sp³-hybridized carbons (Fsp3) is 0.176. The lowest BCUT2D eigenvalue weighted by Gasteiger charge is -2.24. The monoisotopic (exact) mass is 280 g/mol. The van der Waals surface area contributed by atoms with Crippen LogP contribution in [-0.4, -0.2) is 25.3 Å². The molecule has 0 radical (unpaired) electrons. The molecule has 106 valence electrons. The van der Waals surface area contributed by atoms with Crippen LogP contribution in [0.25, 0.3) is 0 Å². The molecule has 2 aromatic rings. The van der Waals surface area contributed by atoms with Gasteiger partial charge in [0.05, 0.1) is 11.3 Å². The highest BCUT2D eigenvalue weighted by atomic mass is 16.2. The highest BCUT2D eigenvalue weighted by molar-refractivity contribution is 6.52. The number of hydrogen-bond acceptors (Lipinski definition) is 3. The van der Waals surface area contributed by atoms with E-state index in [4.69, 9.17) is 0 Å². The van der Waals surface area contributed by atoms with E-state index in [9.17, 15) is 9.59 Å². The zero-order valence-electron chi connectivity index (χ0n) is 12.0. The van der Waals surface area contributed by atoms with Crippen LogP contribution in [0.2, 0.25) is 0 Å². The first-order valence-corrected chi connectivity index (χ1v) is 6.92. The maximum Gasteiger partial charge on any atom is 0.299 e. The van der Waals surface area contributed by atoms with Crippen molar-refractivity contribution in [2.75, 3.05) is 23.4 Å². The first-order valence-electron chi connectivity index (χ1n) is 6.92. The first-order chi connectivity index (χ1) is 10.1. The summed E-state index contributed by atoms with van der Waals surface area (Å²) in [5.41, 5.74) is 3.21. The van der Waals surface area contributed by atoms with Gasteiger partial charge < -0.3 is 9.80 Å². The lowest BCUT2D eigenvalue weighted by Crippen LogP contribution is -2.24. The van der Waals surface area contributed by atoms with E-state index in [0.717, 1.165) is 17.9 Å². The molecule has 0 saturated carbocycles. The van der Waals surface area contributed by atoms with Gasteiger partial charge in [0.1, 0.15) is 0 Å². The third kappa shape index (κ3) is 2.09. The van der Waals surface area contributed by atoms with Crippen LogP contribution < -0.4 is 9.80 Å². The van der Waals surface area contributed by atoms with E-state index in [2.05, 4.69) is 11.8 Å². The molecule has 1 heterocycles. The molecule has 0 bridgehead atoms. The van der Waals surface area contributed by atoms with Crippen LogP contribution in [0.3, 0.4) is 0 Å². The van der Waals surface area contributed by atoms with Gasteiger partial charge in [-0.05, 0) is 37.3 Å². The van der Waals surface area contributed by atoms with Crippen molar-refractivity contribution < 1.29 is 9.59 Å². The summed E-state index contributed by atoms with van der Waals surface area (Å²) in [7, 11) is 1.63. The van der Waals surface area contributed by atoms with E-state index < -0.39 is 11.7 Å². The molecule has 0 saturated heterocycles. The molecule has 3 rings (SSSR count). The highest BCUT2D eigenvalue weighted by Crippen LogP contribution is 2.34. The number of fused-ring (bicyclic) bond motifs is 1. The molecule has 0 atom stereocenters. The number of amides is 1. The largest absolute Gasteiger partial charge is 0.342 e. The van der Waals surface area contributed by atoms with Crippen molar-refractivity contribution >= 4 is 28.8 Å². The van der Waals surface area contributed by atoms with Gasteiger partial charge in [-0.25, -0.2) is 0 Å². The van der Waals surface area contributed by atoms with Gasteiger partial charge in [-0.3, -0.25) is 9.59 Å². The molecule has 0 fully saturated rings. The predicted molar refractivity (Wildman–Crippen MR) is 83.3 cm³/mol. The molecular weight excluding hydrogens is 264 g/mol. The standard InChI is InChI=1S/C17H16N2O2/c1-3-19(12-7-5-4-6-8-12)13-9-10-14-15(11-13)18(2)17(21)16(14)20/h4-11H,3H2,1-2H3. The number of carbonyl (C=O) groups is 2. The third-order valence-corrected chi connectivity index (χ3v) is 3.78. The second kappa shape index (κ2) is 5.05. The number of ketones is 1. The minimum Gasteiger partial charge on any atom is -0.342 e. The van der Waals surface area contributed by atoms with E-state index in [1.165, 1.54) is 4.90 Å². The summed E-state index contributed by atoms with van der Waals surface area (Å²) < 4.78 is 0. The van der Waals surface area contributed by atoms with Gasteiger partial charge >= 0.3 is 0 Å². The Morgan fingerprint density at radius 3 is 2.38 bits per heavy atom. The zero-order valence-corrected chi connectivity index (χ0v) is 12.0.